The molecular formula is C15H18N2O2. The molecule has 1 N–H and O–H groups in total. The maximum atomic E-state index is 5.23. The highest BCUT2D eigenvalue weighted by Crippen LogP contribution is 2.25. The van der Waals surface area contributed by atoms with Gasteiger partial charge in [0.15, 0.2) is 0 Å². The number of hydrogen-bond acceptors (Lipinski definition) is 4. The molecule has 1 heterocycles. The fraction of sp³-hybridized carbons (Fsp3) is 0.267. The molecule has 4 nitrogen and oxygen atoms in total. The molecule has 100 valence electrons. The number of benzene rings is 1. The number of aryl methyl sites for hydroxylation is 1. The van der Waals surface area contributed by atoms with Crippen molar-refractivity contribution in [1.29, 1.82) is 0 Å². The van der Waals surface area contributed by atoms with E-state index in [2.05, 4.69) is 16.4 Å². The molecule has 2 aromatic rings. The summed E-state index contributed by atoms with van der Waals surface area (Å²) in [5.41, 5.74) is 3.10. The van der Waals surface area contributed by atoms with Gasteiger partial charge < -0.3 is 14.8 Å². The van der Waals surface area contributed by atoms with Crippen molar-refractivity contribution in [3.63, 3.8) is 0 Å². The van der Waals surface area contributed by atoms with Crippen LogP contribution in [0.4, 0.5) is 5.69 Å². The molecule has 0 bridgehead atoms. The van der Waals surface area contributed by atoms with Gasteiger partial charge in [0.25, 0.3) is 0 Å². The lowest BCUT2D eigenvalue weighted by Gasteiger charge is -2.10. The van der Waals surface area contributed by atoms with Gasteiger partial charge in [-0.05, 0) is 18.6 Å². The summed E-state index contributed by atoms with van der Waals surface area (Å²) < 4.78 is 10.5. The first-order valence-electron chi connectivity index (χ1n) is 6.10. The quantitative estimate of drug-likeness (QED) is 0.895. The van der Waals surface area contributed by atoms with E-state index in [0.29, 0.717) is 6.54 Å². The van der Waals surface area contributed by atoms with Gasteiger partial charge in [-0.25, -0.2) is 0 Å². The second-order valence-electron chi connectivity index (χ2n) is 4.28. The molecule has 2 rings (SSSR count). The van der Waals surface area contributed by atoms with Crippen molar-refractivity contribution < 1.29 is 9.47 Å². The van der Waals surface area contributed by atoms with Crippen molar-refractivity contribution in [3.8, 4) is 11.5 Å². The van der Waals surface area contributed by atoms with Crippen LogP contribution >= 0.6 is 0 Å². The molecule has 0 fully saturated rings. The SMILES string of the molecule is COc1cc(NCc2ccc(C)cn2)cc(OC)c1. The summed E-state index contributed by atoms with van der Waals surface area (Å²) in [5, 5.41) is 3.31. The molecule has 0 aliphatic heterocycles. The monoisotopic (exact) mass is 258 g/mol. The zero-order valence-electron chi connectivity index (χ0n) is 11.4. The first kappa shape index (κ1) is 13.2. The maximum absolute atomic E-state index is 5.23. The van der Waals surface area contributed by atoms with E-state index in [9.17, 15) is 0 Å². The average molecular weight is 258 g/mol. The van der Waals surface area contributed by atoms with Crippen molar-refractivity contribution >= 4 is 5.69 Å². The van der Waals surface area contributed by atoms with Gasteiger partial charge in [0.1, 0.15) is 11.5 Å². The number of nitrogens with one attached hydrogen (secondary N) is 1. The Bertz CT molecular complexity index is 516. The van der Waals surface area contributed by atoms with E-state index >= 15 is 0 Å². The Balaban J connectivity index is 2.08. The molecular weight excluding hydrogens is 240 g/mol. The number of aromatic nitrogens is 1. The van der Waals surface area contributed by atoms with Crippen LogP contribution in [0.25, 0.3) is 0 Å². The van der Waals surface area contributed by atoms with Crippen LogP contribution in [0.1, 0.15) is 11.3 Å². The Morgan fingerprint density at radius 3 is 2.26 bits per heavy atom. The van der Waals surface area contributed by atoms with Gasteiger partial charge in [0.05, 0.1) is 26.5 Å². The zero-order chi connectivity index (χ0) is 13.7. The lowest BCUT2D eigenvalue weighted by atomic mass is 10.2. The third-order valence-corrected chi connectivity index (χ3v) is 2.80. The summed E-state index contributed by atoms with van der Waals surface area (Å²) in [6.45, 7) is 2.69. The van der Waals surface area contributed by atoms with Gasteiger partial charge in [-0.3, -0.25) is 4.98 Å². The van der Waals surface area contributed by atoms with Gasteiger partial charge in [0.2, 0.25) is 0 Å². The third-order valence-electron chi connectivity index (χ3n) is 2.80. The van der Waals surface area contributed by atoms with E-state index in [1.165, 1.54) is 0 Å². The largest absolute Gasteiger partial charge is 0.497 e. The van der Waals surface area contributed by atoms with Crippen LogP contribution in [0.15, 0.2) is 36.5 Å². The van der Waals surface area contributed by atoms with Gasteiger partial charge in [-0.15, -0.1) is 0 Å². The van der Waals surface area contributed by atoms with Crippen LogP contribution in [-0.4, -0.2) is 19.2 Å². The number of ether oxygens (including phenoxy) is 2. The number of hydrogen-bond donors (Lipinski definition) is 1. The number of rotatable bonds is 5. The minimum Gasteiger partial charge on any atom is -0.497 e. The van der Waals surface area contributed by atoms with Crippen LogP contribution < -0.4 is 14.8 Å². The molecule has 1 aromatic heterocycles. The fourth-order valence-corrected chi connectivity index (χ4v) is 1.71. The van der Waals surface area contributed by atoms with E-state index in [1.54, 1.807) is 14.2 Å². The number of nitrogens with zero attached hydrogens (tertiary/aromatic N) is 1. The first-order valence-corrected chi connectivity index (χ1v) is 6.10. The van der Waals surface area contributed by atoms with Gasteiger partial charge in [-0.1, -0.05) is 6.07 Å². The van der Waals surface area contributed by atoms with Crippen LogP contribution in [0.2, 0.25) is 0 Å². The molecule has 0 saturated heterocycles. The Morgan fingerprint density at radius 2 is 1.74 bits per heavy atom. The van der Waals surface area contributed by atoms with Gasteiger partial charge in [-0.2, -0.15) is 0 Å². The summed E-state index contributed by atoms with van der Waals surface area (Å²) in [6.07, 6.45) is 1.86. The lowest BCUT2D eigenvalue weighted by molar-refractivity contribution is 0.394. The van der Waals surface area contributed by atoms with Crippen molar-refractivity contribution in [2.24, 2.45) is 0 Å². The Hall–Kier alpha value is -2.23. The maximum Gasteiger partial charge on any atom is 0.124 e. The minimum atomic E-state index is 0.663. The molecule has 0 aliphatic carbocycles. The molecule has 0 saturated carbocycles. The lowest BCUT2D eigenvalue weighted by Crippen LogP contribution is -2.02. The summed E-state index contributed by atoms with van der Waals surface area (Å²) in [4.78, 5) is 4.35. The molecule has 0 radical (unpaired) electrons. The third kappa shape index (κ3) is 3.61. The number of anilines is 1. The van der Waals surface area contributed by atoms with Crippen molar-refractivity contribution in [2.45, 2.75) is 13.5 Å². The summed E-state index contributed by atoms with van der Waals surface area (Å²) >= 11 is 0. The second kappa shape index (κ2) is 6.09. The molecule has 0 unspecified atom stereocenters. The molecule has 4 heteroatoms. The van der Waals surface area contributed by atoms with E-state index in [4.69, 9.17) is 9.47 Å². The topological polar surface area (TPSA) is 43.4 Å². The first-order chi connectivity index (χ1) is 9.21. The Morgan fingerprint density at radius 1 is 1.05 bits per heavy atom. The smallest absolute Gasteiger partial charge is 0.124 e. The van der Waals surface area contributed by atoms with E-state index < -0.39 is 0 Å². The Labute approximate surface area is 113 Å². The molecule has 0 amide bonds. The average Bonchev–Trinajstić information content (AvgIpc) is 2.46. The van der Waals surface area contributed by atoms with Crippen LogP contribution in [0.3, 0.4) is 0 Å². The Kier molecular flexibility index (Phi) is 4.23. The zero-order valence-corrected chi connectivity index (χ0v) is 11.4. The van der Waals surface area contributed by atoms with Crippen LogP contribution in [0, 0.1) is 6.92 Å². The predicted molar refractivity (Wildman–Crippen MR) is 75.8 cm³/mol. The normalized spacial score (nSPS) is 10.1. The molecule has 0 atom stereocenters. The molecule has 0 aliphatic rings. The summed E-state index contributed by atoms with van der Waals surface area (Å²) in [6, 6.07) is 9.76. The number of methoxy groups -OCH3 is 2. The standard InChI is InChI=1S/C15H18N2O2/c1-11-4-5-12(16-9-11)10-17-13-6-14(18-2)8-15(7-13)19-3/h4-9,17H,10H2,1-3H3. The molecule has 19 heavy (non-hydrogen) atoms. The van der Waals surface area contributed by atoms with Crippen LogP contribution in [0.5, 0.6) is 11.5 Å². The van der Waals surface area contributed by atoms with E-state index in [1.807, 2.05) is 37.4 Å². The summed E-state index contributed by atoms with van der Waals surface area (Å²) in [7, 11) is 3.28. The predicted octanol–water partition coefficient (Wildman–Crippen LogP) is 3.02. The number of pyridine rings is 1. The van der Waals surface area contributed by atoms with E-state index in [0.717, 1.165) is 28.4 Å². The van der Waals surface area contributed by atoms with Gasteiger partial charge >= 0.3 is 0 Å². The summed E-state index contributed by atoms with van der Waals surface area (Å²) in [5.74, 6) is 1.53. The highest BCUT2D eigenvalue weighted by Gasteiger charge is 2.02. The second-order valence-corrected chi connectivity index (χ2v) is 4.28. The van der Waals surface area contributed by atoms with Gasteiger partial charge in [0, 0.05) is 30.1 Å². The highest BCUT2D eigenvalue weighted by atomic mass is 16.5. The van der Waals surface area contributed by atoms with Crippen molar-refractivity contribution in [1.82, 2.24) is 4.98 Å². The molecule has 0 spiro atoms. The highest BCUT2D eigenvalue weighted by molar-refractivity contribution is 5.53. The molecule has 1 aromatic carbocycles. The van der Waals surface area contributed by atoms with Crippen molar-refractivity contribution in [2.75, 3.05) is 19.5 Å². The fourth-order valence-electron chi connectivity index (χ4n) is 1.71. The van der Waals surface area contributed by atoms with E-state index in [-0.39, 0.29) is 0 Å². The van der Waals surface area contributed by atoms with Crippen molar-refractivity contribution in [3.05, 3.63) is 47.8 Å². The van der Waals surface area contributed by atoms with Crippen LogP contribution in [-0.2, 0) is 6.54 Å². The minimum absolute atomic E-state index is 0.663.